The summed E-state index contributed by atoms with van der Waals surface area (Å²) in [6.45, 7) is 9.36. The van der Waals surface area contributed by atoms with E-state index in [1.54, 1.807) is 0 Å². The van der Waals surface area contributed by atoms with Crippen LogP contribution in [0.2, 0.25) is 0 Å². The van der Waals surface area contributed by atoms with Gasteiger partial charge >= 0.3 is 12.1 Å². The molecule has 0 saturated heterocycles. The molecule has 0 bridgehead atoms. The van der Waals surface area contributed by atoms with Gasteiger partial charge in [0, 0.05) is 11.6 Å². The van der Waals surface area contributed by atoms with Crippen LogP contribution in [0.25, 0.3) is 0 Å². The first-order chi connectivity index (χ1) is 16.4. The summed E-state index contributed by atoms with van der Waals surface area (Å²) < 4.78 is 5.69. The van der Waals surface area contributed by atoms with Crippen LogP contribution in [0.15, 0.2) is 60.7 Å². The number of imide groups is 1. The number of hydrogen-bond acceptors (Lipinski definition) is 4. The number of carbonyl (C=O) groups excluding carboxylic acids is 2. The van der Waals surface area contributed by atoms with E-state index in [0.717, 1.165) is 18.4 Å². The normalized spacial score (nSPS) is 20.9. The van der Waals surface area contributed by atoms with Gasteiger partial charge in [-0.25, -0.2) is 14.5 Å². The van der Waals surface area contributed by atoms with Crippen LogP contribution in [-0.4, -0.2) is 47.7 Å². The van der Waals surface area contributed by atoms with E-state index in [9.17, 15) is 9.59 Å². The Morgan fingerprint density at radius 1 is 0.886 bits per heavy atom. The highest BCUT2D eigenvalue weighted by Crippen LogP contribution is 2.42. The fourth-order valence-corrected chi connectivity index (χ4v) is 5.04. The Kier molecular flexibility index (Phi) is 7.95. The van der Waals surface area contributed by atoms with E-state index in [4.69, 9.17) is 4.74 Å². The molecule has 35 heavy (non-hydrogen) atoms. The topological polar surface area (TPSA) is 61.9 Å². The summed E-state index contributed by atoms with van der Waals surface area (Å²) in [5.41, 5.74) is 0.761. The van der Waals surface area contributed by atoms with Crippen molar-refractivity contribution in [2.24, 2.45) is 0 Å². The molecule has 6 heteroatoms. The first kappa shape index (κ1) is 26.7. The van der Waals surface area contributed by atoms with Crippen molar-refractivity contribution < 1.29 is 14.3 Å². The highest BCUT2D eigenvalue weighted by atomic mass is 16.6. The van der Waals surface area contributed by atoms with E-state index in [1.807, 2.05) is 71.0 Å². The summed E-state index contributed by atoms with van der Waals surface area (Å²) in [5.74, 6) is 0. The quantitative estimate of drug-likeness (QED) is 0.549. The second-order valence-electron chi connectivity index (χ2n) is 11.3. The standard InChI is InChI=1S/C29H41N3O3/c1-27(2,3)35-26(34)32(25(33)30-28(4,5)22-14-10-8-11-15-22)24-18-20-29(21-19-24,31(6)7)23-16-12-9-13-17-23/h8-17,24H,18-21H2,1-7H3,(H,30,33)/t24-,29-. The first-order valence-corrected chi connectivity index (χ1v) is 12.5. The molecule has 0 spiro atoms. The maximum Gasteiger partial charge on any atom is 0.418 e. The Bertz CT molecular complexity index is 989. The Hall–Kier alpha value is -2.86. The molecule has 2 aromatic carbocycles. The van der Waals surface area contributed by atoms with Crippen molar-refractivity contribution in [2.45, 2.75) is 83.0 Å². The Morgan fingerprint density at radius 2 is 1.40 bits per heavy atom. The molecule has 0 radical (unpaired) electrons. The van der Waals surface area contributed by atoms with Crippen LogP contribution in [0.3, 0.4) is 0 Å². The van der Waals surface area contributed by atoms with Gasteiger partial charge in [0.2, 0.25) is 0 Å². The number of ether oxygens (including phenoxy) is 1. The molecule has 3 amide bonds. The van der Waals surface area contributed by atoms with Crippen LogP contribution < -0.4 is 5.32 Å². The maximum atomic E-state index is 13.6. The summed E-state index contributed by atoms with van der Waals surface area (Å²) >= 11 is 0. The lowest BCUT2D eigenvalue weighted by atomic mass is 9.73. The van der Waals surface area contributed by atoms with Crippen molar-refractivity contribution in [1.29, 1.82) is 0 Å². The van der Waals surface area contributed by atoms with E-state index < -0.39 is 23.3 Å². The predicted octanol–water partition coefficient (Wildman–Crippen LogP) is 6.27. The maximum absolute atomic E-state index is 13.6. The second kappa shape index (κ2) is 10.4. The van der Waals surface area contributed by atoms with Crippen molar-refractivity contribution in [3.63, 3.8) is 0 Å². The first-order valence-electron chi connectivity index (χ1n) is 12.5. The zero-order valence-electron chi connectivity index (χ0n) is 22.3. The highest BCUT2D eigenvalue weighted by molar-refractivity contribution is 5.92. The number of nitrogens with zero attached hydrogens (tertiary/aromatic N) is 2. The zero-order chi connectivity index (χ0) is 25.9. The minimum atomic E-state index is -0.698. The van der Waals surface area contributed by atoms with Gasteiger partial charge in [-0.1, -0.05) is 60.7 Å². The molecule has 1 N–H and O–H groups in total. The summed E-state index contributed by atoms with van der Waals surface area (Å²) in [6.07, 6.45) is 2.48. The van der Waals surface area contributed by atoms with Gasteiger partial charge in [-0.15, -0.1) is 0 Å². The molecule has 1 fully saturated rings. The minimum absolute atomic E-state index is 0.128. The van der Waals surface area contributed by atoms with Crippen molar-refractivity contribution >= 4 is 12.1 Å². The van der Waals surface area contributed by atoms with E-state index in [1.165, 1.54) is 10.5 Å². The van der Waals surface area contributed by atoms with Gasteiger partial charge in [0.25, 0.3) is 0 Å². The van der Waals surface area contributed by atoms with Gasteiger partial charge in [-0.2, -0.15) is 0 Å². The number of rotatable bonds is 5. The van der Waals surface area contributed by atoms with E-state index in [2.05, 4.69) is 48.6 Å². The van der Waals surface area contributed by atoms with Crippen LogP contribution in [0.5, 0.6) is 0 Å². The lowest BCUT2D eigenvalue weighted by molar-refractivity contribution is 0.0107. The third-order valence-electron chi connectivity index (χ3n) is 7.04. The van der Waals surface area contributed by atoms with Crippen molar-refractivity contribution in [2.75, 3.05) is 14.1 Å². The molecule has 2 aromatic rings. The number of amides is 3. The summed E-state index contributed by atoms with van der Waals surface area (Å²) in [4.78, 5) is 30.5. The largest absolute Gasteiger partial charge is 0.443 e. The van der Waals surface area contributed by atoms with Crippen LogP contribution in [0.1, 0.15) is 71.4 Å². The number of hydrogen-bond donors (Lipinski definition) is 1. The van der Waals surface area contributed by atoms with Gasteiger partial charge in [-0.3, -0.25) is 4.90 Å². The van der Waals surface area contributed by atoms with Crippen molar-refractivity contribution in [1.82, 2.24) is 15.1 Å². The van der Waals surface area contributed by atoms with E-state index in [-0.39, 0.29) is 11.6 Å². The monoisotopic (exact) mass is 479 g/mol. The third kappa shape index (κ3) is 6.23. The minimum Gasteiger partial charge on any atom is -0.443 e. The second-order valence-corrected chi connectivity index (χ2v) is 11.3. The number of urea groups is 1. The highest BCUT2D eigenvalue weighted by Gasteiger charge is 2.44. The number of nitrogens with one attached hydrogen (secondary N) is 1. The Labute approximate surface area is 210 Å². The predicted molar refractivity (Wildman–Crippen MR) is 140 cm³/mol. The van der Waals surface area contributed by atoms with E-state index in [0.29, 0.717) is 12.8 Å². The molecular weight excluding hydrogens is 438 g/mol. The molecule has 0 atom stereocenters. The smallest absolute Gasteiger partial charge is 0.418 e. The van der Waals surface area contributed by atoms with Gasteiger partial charge in [-0.05, 0) is 85.5 Å². The molecule has 1 aliphatic rings. The lowest BCUT2D eigenvalue weighted by Gasteiger charge is -2.47. The van der Waals surface area contributed by atoms with Crippen LogP contribution in [-0.2, 0) is 15.8 Å². The number of benzene rings is 2. The fraction of sp³-hybridized carbons (Fsp3) is 0.517. The molecule has 6 nitrogen and oxygen atoms in total. The van der Waals surface area contributed by atoms with E-state index >= 15 is 0 Å². The molecule has 0 heterocycles. The fourth-order valence-electron chi connectivity index (χ4n) is 5.04. The average molecular weight is 480 g/mol. The van der Waals surface area contributed by atoms with Crippen LogP contribution in [0, 0.1) is 0 Å². The van der Waals surface area contributed by atoms with Gasteiger partial charge in [0.1, 0.15) is 5.60 Å². The SMILES string of the molecule is CN(C)[C@]1(c2ccccc2)CC[C@@H](N(C(=O)NC(C)(C)c2ccccc2)C(=O)OC(C)(C)C)CC1. The molecule has 0 unspecified atom stereocenters. The van der Waals surface area contributed by atoms with Gasteiger partial charge in [0.15, 0.2) is 0 Å². The lowest BCUT2D eigenvalue weighted by Crippen LogP contribution is -2.57. The Balaban J connectivity index is 1.85. The zero-order valence-corrected chi connectivity index (χ0v) is 22.3. The molecule has 3 rings (SSSR count). The molecule has 1 saturated carbocycles. The average Bonchev–Trinajstić information content (AvgIpc) is 2.79. The molecule has 0 aromatic heterocycles. The summed E-state index contributed by atoms with van der Waals surface area (Å²) in [6, 6.07) is 19.6. The molecule has 0 aliphatic heterocycles. The molecule has 1 aliphatic carbocycles. The van der Waals surface area contributed by atoms with Crippen molar-refractivity contribution in [3.8, 4) is 0 Å². The van der Waals surface area contributed by atoms with Crippen LogP contribution >= 0.6 is 0 Å². The molecule has 190 valence electrons. The third-order valence-corrected chi connectivity index (χ3v) is 7.04. The summed E-state index contributed by atoms with van der Waals surface area (Å²) in [5, 5.41) is 3.09. The van der Waals surface area contributed by atoms with Crippen molar-refractivity contribution in [3.05, 3.63) is 71.8 Å². The Morgan fingerprint density at radius 3 is 1.89 bits per heavy atom. The number of carbonyl (C=O) groups is 2. The van der Waals surface area contributed by atoms with Gasteiger partial charge in [0.05, 0.1) is 5.54 Å². The summed E-state index contributed by atoms with van der Waals surface area (Å²) in [7, 11) is 4.21. The van der Waals surface area contributed by atoms with Crippen LogP contribution in [0.4, 0.5) is 9.59 Å². The molecular formula is C29H41N3O3. The van der Waals surface area contributed by atoms with Gasteiger partial charge < -0.3 is 10.1 Å².